The van der Waals surface area contributed by atoms with Crippen LogP contribution in [0.15, 0.2) is 24.3 Å². The Bertz CT molecular complexity index is 1010. The van der Waals surface area contributed by atoms with Crippen molar-refractivity contribution in [2.45, 2.75) is 83.9 Å². The Morgan fingerprint density at radius 2 is 1.82 bits per heavy atom. The van der Waals surface area contributed by atoms with Crippen LogP contribution in [0.5, 0.6) is 5.75 Å². The Kier molecular flexibility index (Phi) is 11.6. The van der Waals surface area contributed by atoms with Crippen molar-refractivity contribution in [1.29, 1.82) is 0 Å². The Labute approximate surface area is 231 Å². The number of aromatic hydroxyl groups is 1. The third kappa shape index (κ3) is 9.36. The lowest BCUT2D eigenvalue weighted by molar-refractivity contribution is -0.138. The third-order valence-electron chi connectivity index (χ3n) is 6.91. The van der Waals surface area contributed by atoms with Crippen LogP contribution in [0, 0.1) is 0 Å². The van der Waals surface area contributed by atoms with Crippen LogP contribution in [0.1, 0.15) is 69.9 Å². The molecule has 0 atom stereocenters. The van der Waals surface area contributed by atoms with Gasteiger partial charge in [-0.25, -0.2) is 4.98 Å². The van der Waals surface area contributed by atoms with E-state index in [1.807, 2.05) is 37.8 Å². The molecule has 3 aliphatic rings. The molecule has 1 aliphatic carbocycles. The lowest BCUT2D eigenvalue weighted by Gasteiger charge is -2.39. The zero-order valence-electron chi connectivity index (χ0n) is 23.4. The minimum atomic E-state index is -0.318. The number of rotatable bonds is 5. The van der Waals surface area contributed by atoms with Gasteiger partial charge in [0.2, 0.25) is 5.91 Å². The predicted octanol–water partition coefficient (Wildman–Crippen LogP) is 4.60. The van der Waals surface area contributed by atoms with Gasteiger partial charge in [-0.15, -0.1) is 11.3 Å². The molecule has 1 amide bonds. The van der Waals surface area contributed by atoms with E-state index in [9.17, 15) is 14.7 Å². The first-order chi connectivity index (χ1) is 18.2. The summed E-state index contributed by atoms with van der Waals surface area (Å²) in [5, 5.41) is 13.2. The van der Waals surface area contributed by atoms with Gasteiger partial charge < -0.3 is 25.0 Å². The lowest BCUT2D eigenvalue weighted by atomic mass is 9.90. The number of phenolic OH excluding ortho intramolecular Hbond substituents is 1. The average molecular weight is 545 g/mol. The van der Waals surface area contributed by atoms with Crippen LogP contribution in [0.3, 0.4) is 0 Å². The monoisotopic (exact) mass is 544 g/mol. The summed E-state index contributed by atoms with van der Waals surface area (Å²) < 4.78 is 4.55. The predicted molar refractivity (Wildman–Crippen MR) is 152 cm³/mol. The largest absolute Gasteiger partial charge is 0.508 e. The number of likely N-dealkylation sites (N-methyl/N-ethyl adjacent to an activating group) is 1. The van der Waals surface area contributed by atoms with Crippen molar-refractivity contribution in [2.24, 2.45) is 0 Å². The van der Waals surface area contributed by atoms with E-state index < -0.39 is 0 Å². The van der Waals surface area contributed by atoms with Crippen LogP contribution in [0.4, 0.5) is 0 Å². The minimum Gasteiger partial charge on any atom is -0.508 e. The van der Waals surface area contributed by atoms with Crippen molar-refractivity contribution < 1.29 is 19.4 Å². The number of nitrogens with one attached hydrogen (secondary N) is 1. The number of carbonyl (C=O) groups excluding carboxylic acids is 2. The van der Waals surface area contributed by atoms with Crippen LogP contribution >= 0.6 is 11.3 Å². The highest BCUT2D eigenvalue weighted by Crippen LogP contribution is 2.32. The summed E-state index contributed by atoms with van der Waals surface area (Å²) in [5.41, 5.74) is 1.78. The molecule has 1 aromatic carbocycles. The van der Waals surface area contributed by atoms with Crippen molar-refractivity contribution >= 4 is 23.7 Å². The number of phenols is 1. The molecule has 8 nitrogen and oxygen atoms in total. The highest BCUT2D eigenvalue weighted by molar-refractivity contribution is 7.15. The molecular formula is C29H44N4O4S. The van der Waals surface area contributed by atoms with Gasteiger partial charge in [0.1, 0.15) is 16.4 Å². The molecule has 2 aliphatic heterocycles. The average Bonchev–Trinajstić information content (AvgIpc) is 3.28. The fourth-order valence-electron chi connectivity index (χ4n) is 4.58. The summed E-state index contributed by atoms with van der Waals surface area (Å²) in [7, 11) is 1.78. The lowest BCUT2D eigenvalue weighted by Crippen LogP contribution is -2.42. The van der Waals surface area contributed by atoms with Gasteiger partial charge in [-0.1, -0.05) is 12.8 Å². The standard InChI is InChI=1S/C15H17N3O2S.C9H17N.C5H10O2/c1-16-8-14(20)18-7-6-12-13(9-18)21-15(17-12)10-2-4-11(19)5-3-10;1-2-7-10(8-3-1)9-5-4-6-9;1-5(2,3)7-4-6/h2-5,16,19H,6-9H2,1H3;9H,1-8H2;4H,1-3H3. The van der Waals surface area contributed by atoms with E-state index in [1.54, 1.807) is 30.5 Å². The Morgan fingerprint density at radius 3 is 2.34 bits per heavy atom. The Balaban J connectivity index is 0.000000194. The minimum absolute atomic E-state index is 0.128. The zero-order chi connectivity index (χ0) is 27.5. The van der Waals surface area contributed by atoms with E-state index in [1.165, 1.54) is 51.6 Å². The molecule has 9 heteroatoms. The fourth-order valence-corrected chi connectivity index (χ4v) is 5.71. The first-order valence-electron chi connectivity index (χ1n) is 13.8. The number of nitrogens with zero attached hydrogens (tertiary/aromatic N) is 3. The summed E-state index contributed by atoms with van der Waals surface area (Å²) in [6.07, 6.45) is 9.65. The van der Waals surface area contributed by atoms with E-state index in [0.29, 0.717) is 19.6 Å². The van der Waals surface area contributed by atoms with Gasteiger partial charge in [0, 0.05) is 29.4 Å². The Hall–Kier alpha value is -2.49. The third-order valence-corrected chi connectivity index (χ3v) is 8.04. The number of aromatic nitrogens is 1. The van der Waals surface area contributed by atoms with Gasteiger partial charge in [0.25, 0.3) is 6.47 Å². The van der Waals surface area contributed by atoms with Gasteiger partial charge in [-0.2, -0.15) is 0 Å². The number of amides is 1. The van der Waals surface area contributed by atoms with E-state index in [2.05, 4.69) is 19.9 Å². The molecule has 2 aromatic rings. The molecule has 0 unspecified atom stereocenters. The molecular weight excluding hydrogens is 500 g/mol. The van der Waals surface area contributed by atoms with Gasteiger partial charge in [0.05, 0.1) is 18.8 Å². The number of likely N-dealkylation sites (tertiary alicyclic amines) is 1. The highest BCUT2D eigenvalue weighted by Gasteiger charge is 2.25. The van der Waals surface area contributed by atoms with Crippen molar-refractivity contribution in [1.82, 2.24) is 20.1 Å². The molecule has 0 spiro atoms. The van der Waals surface area contributed by atoms with Crippen LogP contribution < -0.4 is 5.32 Å². The molecule has 210 valence electrons. The number of carbonyl (C=O) groups is 2. The molecule has 5 rings (SSSR count). The second-order valence-corrected chi connectivity index (χ2v) is 12.1. The normalized spacial score (nSPS) is 17.6. The number of fused-ring (bicyclic) bond motifs is 1. The molecule has 2 fully saturated rings. The van der Waals surface area contributed by atoms with Gasteiger partial charge in [-0.05, 0) is 90.9 Å². The van der Waals surface area contributed by atoms with Crippen molar-refractivity contribution in [3.63, 3.8) is 0 Å². The number of hydrogen-bond donors (Lipinski definition) is 2. The SMILES string of the molecule is C1CCN(C2CCC2)CC1.CC(C)(C)OC=O.CNCC(=O)N1CCc2nc(-c3ccc(O)cc3)sc2C1. The maximum atomic E-state index is 11.9. The summed E-state index contributed by atoms with van der Waals surface area (Å²) >= 11 is 1.63. The maximum Gasteiger partial charge on any atom is 0.293 e. The maximum absolute atomic E-state index is 11.9. The number of thiazole rings is 1. The molecule has 2 N–H and O–H groups in total. The summed E-state index contributed by atoms with van der Waals surface area (Å²) in [6, 6.07) is 8.06. The number of ether oxygens (including phenoxy) is 1. The van der Waals surface area contributed by atoms with Gasteiger partial charge in [0.15, 0.2) is 0 Å². The van der Waals surface area contributed by atoms with Crippen molar-refractivity contribution in [3.8, 4) is 16.3 Å². The van der Waals surface area contributed by atoms with Crippen LogP contribution in [-0.2, 0) is 27.3 Å². The number of piperidine rings is 1. The first kappa shape index (κ1) is 30.1. The highest BCUT2D eigenvalue weighted by atomic mass is 32.1. The molecule has 0 bridgehead atoms. The fraction of sp³-hybridized carbons (Fsp3) is 0.621. The summed E-state index contributed by atoms with van der Waals surface area (Å²) in [5.74, 6) is 0.381. The van der Waals surface area contributed by atoms with Crippen LogP contribution in [-0.4, -0.2) is 77.1 Å². The smallest absolute Gasteiger partial charge is 0.293 e. The number of benzene rings is 1. The second-order valence-electron chi connectivity index (χ2n) is 11.0. The number of hydrogen-bond acceptors (Lipinski definition) is 8. The van der Waals surface area contributed by atoms with Gasteiger partial charge in [-0.3, -0.25) is 9.59 Å². The van der Waals surface area contributed by atoms with Crippen molar-refractivity contribution in [2.75, 3.05) is 33.2 Å². The quantitative estimate of drug-likeness (QED) is 0.531. The van der Waals surface area contributed by atoms with E-state index >= 15 is 0 Å². The topological polar surface area (TPSA) is 95.0 Å². The van der Waals surface area contributed by atoms with Crippen LogP contribution in [0.25, 0.3) is 10.6 Å². The van der Waals surface area contributed by atoms with Crippen LogP contribution in [0.2, 0.25) is 0 Å². The molecule has 1 saturated carbocycles. The zero-order valence-corrected chi connectivity index (χ0v) is 24.2. The summed E-state index contributed by atoms with van der Waals surface area (Å²) in [4.78, 5) is 31.9. The molecule has 1 aromatic heterocycles. The second kappa shape index (κ2) is 14.6. The summed E-state index contributed by atoms with van der Waals surface area (Å²) in [6.45, 7) is 10.5. The van der Waals surface area contributed by atoms with Crippen molar-refractivity contribution in [3.05, 3.63) is 34.8 Å². The van der Waals surface area contributed by atoms with E-state index in [-0.39, 0.29) is 17.3 Å². The van der Waals surface area contributed by atoms with E-state index in [0.717, 1.165) is 40.1 Å². The molecule has 1 saturated heterocycles. The molecule has 3 heterocycles. The molecule has 0 radical (unpaired) electrons. The Morgan fingerprint density at radius 1 is 1.13 bits per heavy atom. The van der Waals surface area contributed by atoms with Gasteiger partial charge >= 0.3 is 0 Å². The van der Waals surface area contributed by atoms with E-state index in [4.69, 9.17) is 0 Å². The molecule has 38 heavy (non-hydrogen) atoms. The first-order valence-corrected chi connectivity index (χ1v) is 14.6.